The molecule has 2 heterocycles. The Hall–Kier alpha value is -0.120. The van der Waals surface area contributed by atoms with E-state index >= 15 is 0 Å². The van der Waals surface area contributed by atoms with Crippen LogP contribution in [0, 0.1) is 5.92 Å². The highest BCUT2D eigenvalue weighted by Gasteiger charge is 2.48. The Kier molecular flexibility index (Phi) is 3.41. The van der Waals surface area contributed by atoms with Gasteiger partial charge in [0.2, 0.25) is 0 Å². The van der Waals surface area contributed by atoms with E-state index < -0.39 is 0 Å². The average Bonchev–Trinajstić information content (AvgIpc) is 3.10. The van der Waals surface area contributed by atoms with Crippen LogP contribution in [0.5, 0.6) is 0 Å². The van der Waals surface area contributed by atoms with Crippen LogP contribution >= 0.6 is 0 Å². The van der Waals surface area contributed by atoms with Gasteiger partial charge >= 0.3 is 0 Å². The van der Waals surface area contributed by atoms with E-state index in [9.17, 15) is 0 Å². The van der Waals surface area contributed by atoms with Crippen molar-refractivity contribution in [2.24, 2.45) is 5.92 Å². The Morgan fingerprint density at radius 2 is 2.00 bits per heavy atom. The molecule has 4 atom stereocenters. The molecule has 3 heteroatoms. The van der Waals surface area contributed by atoms with Gasteiger partial charge in [-0.3, -0.25) is 4.90 Å². The van der Waals surface area contributed by atoms with Crippen molar-refractivity contribution in [3.63, 3.8) is 0 Å². The number of nitrogens with zero attached hydrogens (tertiary/aromatic N) is 1. The maximum absolute atomic E-state index is 6.03. The minimum Gasteiger partial charge on any atom is -0.374 e. The molecule has 18 heavy (non-hydrogen) atoms. The Morgan fingerprint density at radius 3 is 2.61 bits per heavy atom. The van der Waals surface area contributed by atoms with Crippen molar-refractivity contribution in [1.82, 2.24) is 10.2 Å². The monoisotopic (exact) mass is 252 g/mol. The van der Waals surface area contributed by atoms with Crippen LogP contribution < -0.4 is 5.32 Å². The van der Waals surface area contributed by atoms with Crippen molar-refractivity contribution in [2.75, 3.05) is 19.6 Å². The lowest BCUT2D eigenvalue weighted by atomic mass is 9.89. The molecule has 1 N–H and O–H groups in total. The quantitative estimate of drug-likeness (QED) is 0.831. The third kappa shape index (κ3) is 2.45. The fourth-order valence-corrected chi connectivity index (χ4v) is 3.75. The maximum atomic E-state index is 6.03. The first-order valence-corrected chi connectivity index (χ1v) is 7.72. The van der Waals surface area contributed by atoms with Gasteiger partial charge in [0.1, 0.15) is 0 Å². The van der Waals surface area contributed by atoms with Gasteiger partial charge in [0.15, 0.2) is 0 Å². The van der Waals surface area contributed by atoms with Crippen molar-refractivity contribution in [1.29, 1.82) is 0 Å². The maximum Gasteiger partial charge on any atom is 0.0706 e. The van der Waals surface area contributed by atoms with Crippen LogP contribution in [0.2, 0.25) is 0 Å². The molecule has 3 rings (SSSR count). The van der Waals surface area contributed by atoms with Gasteiger partial charge in [-0.15, -0.1) is 0 Å². The highest BCUT2D eigenvalue weighted by molar-refractivity contribution is 5.05. The van der Waals surface area contributed by atoms with E-state index in [1.165, 1.54) is 32.2 Å². The first kappa shape index (κ1) is 12.9. The van der Waals surface area contributed by atoms with E-state index in [2.05, 4.69) is 31.0 Å². The van der Waals surface area contributed by atoms with E-state index in [-0.39, 0.29) is 0 Å². The van der Waals surface area contributed by atoms with Crippen LogP contribution in [0.4, 0.5) is 0 Å². The van der Waals surface area contributed by atoms with Crippen LogP contribution in [0.1, 0.15) is 46.5 Å². The second-order valence-electron chi connectivity index (χ2n) is 6.96. The lowest BCUT2D eigenvalue weighted by Gasteiger charge is -2.49. The highest BCUT2D eigenvalue weighted by atomic mass is 16.5. The van der Waals surface area contributed by atoms with Crippen molar-refractivity contribution in [2.45, 2.75) is 70.2 Å². The molecule has 3 fully saturated rings. The fraction of sp³-hybridized carbons (Fsp3) is 1.00. The predicted molar refractivity (Wildman–Crippen MR) is 73.7 cm³/mol. The van der Waals surface area contributed by atoms with Crippen LogP contribution in [0.3, 0.4) is 0 Å². The number of hydrogen-bond acceptors (Lipinski definition) is 3. The number of ether oxygens (including phenoxy) is 1. The standard InChI is InChI=1S/C15H28N2O/c1-11-8-17(9-14-7-4-12(2)18-14)15(3,10-16-11)13-5-6-13/h11-14,16H,4-10H2,1-3H3. The number of nitrogens with one attached hydrogen (secondary N) is 1. The largest absolute Gasteiger partial charge is 0.374 e. The summed E-state index contributed by atoms with van der Waals surface area (Å²) in [4.78, 5) is 2.73. The molecule has 0 amide bonds. The van der Waals surface area contributed by atoms with Gasteiger partial charge in [-0.2, -0.15) is 0 Å². The minimum absolute atomic E-state index is 0.377. The lowest BCUT2D eigenvalue weighted by molar-refractivity contribution is -0.0235. The zero-order valence-corrected chi connectivity index (χ0v) is 12.1. The Bertz CT molecular complexity index is 305. The fourth-order valence-electron chi connectivity index (χ4n) is 3.75. The molecule has 1 aliphatic carbocycles. The lowest BCUT2D eigenvalue weighted by Crippen LogP contribution is -2.64. The van der Waals surface area contributed by atoms with E-state index in [4.69, 9.17) is 4.74 Å². The molecule has 1 saturated carbocycles. The Balaban J connectivity index is 1.66. The van der Waals surface area contributed by atoms with Gasteiger partial charge in [0.05, 0.1) is 12.2 Å². The molecule has 2 aliphatic heterocycles. The minimum atomic E-state index is 0.377. The first-order valence-electron chi connectivity index (χ1n) is 7.72. The topological polar surface area (TPSA) is 24.5 Å². The molecule has 0 spiro atoms. The number of hydrogen-bond donors (Lipinski definition) is 1. The van der Waals surface area contributed by atoms with Crippen molar-refractivity contribution in [3.8, 4) is 0 Å². The van der Waals surface area contributed by atoms with Crippen LogP contribution in [-0.2, 0) is 4.74 Å². The average molecular weight is 252 g/mol. The molecular weight excluding hydrogens is 224 g/mol. The van der Waals surface area contributed by atoms with Gasteiger partial charge < -0.3 is 10.1 Å². The van der Waals surface area contributed by atoms with Gasteiger partial charge in [0.25, 0.3) is 0 Å². The summed E-state index contributed by atoms with van der Waals surface area (Å²) in [5.41, 5.74) is 0.377. The van der Waals surface area contributed by atoms with Crippen LogP contribution in [0.15, 0.2) is 0 Å². The normalized spacial score (nSPS) is 46.5. The highest BCUT2D eigenvalue weighted by Crippen LogP contribution is 2.44. The first-order chi connectivity index (χ1) is 8.58. The van der Waals surface area contributed by atoms with Crippen molar-refractivity contribution in [3.05, 3.63) is 0 Å². The summed E-state index contributed by atoms with van der Waals surface area (Å²) >= 11 is 0. The predicted octanol–water partition coefficient (Wildman–Crippen LogP) is 2.02. The summed E-state index contributed by atoms with van der Waals surface area (Å²) in [6.45, 7) is 10.5. The summed E-state index contributed by atoms with van der Waals surface area (Å²) in [5, 5.41) is 3.68. The summed E-state index contributed by atoms with van der Waals surface area (Å²) in [7, 11) is 0. The number of rotatable bonds is 3. The summed E-state index contributed by atoms with van der Waals surface area (Å²) in [6.07, 6.45) is 6.29. The van der Waals surface area contributed by atoms with Gasteiger partial charge in [-0.1, -0.05) is 0 Å². The summed E-state index contributed by atoms with van der Waals surface area (Å²) in [6, 6.07) is 0.621. The molecule has 0 radical (unpaired) electrons. The summed E-state index contributed by atoms with van der Waals surface area (Å²) < 4.78 is 6.03. The molecule has 104 valence electrons. The van der Waals surface area contributed by atoms with E-state index in [0.717, 1.165) is 19.0 Å². The molecular formula is C15H28N2O. The zero-order valence-electron chi connectivity index (χ0n) is 12.1. The SMILES string of the molecule is CC1CN(CC2CCC(C)O2)C(C)(C2CC2)CN1. The smallest absolute Gasteiger partial charge is 0.0706 e. The van der Waals surface area contributed by atoms with E-state index in [1.807, 2.05) is 0 Å². The second-order valence-corrected chi connectivity index (χ2v) is 6.96. The Morgan fingerprint density at radius 1 is 1.22 bits per heavy atom. The van der Waals surface area contributed by atoms with Crippen molar-refractivity contribution < 1.29 is 4.74 Å². The third-order valence-electron chi connectivity index (χ3n) is 5.23. The van der Waals surface area contributed by atoms with E-state index in [1.54, 1.807) is 0 Å². The Labute approximate surface area is 111 Å². The molecule has 4 unspecified atom stereocenters. The zero-order chi connectivity index (χ0) is 12.8. The number of piperazine rings is 1. The van der Waals surface area contributed by atoms with Gasteiger partial charge in [0, 0.05) is 31.2 Å². The molecule has 3 aliphatic rings. The molecule has 0 aromatic rings. The third-order valence-corrected chi connectivity index (χ3v) is 5.23. The summed E-state index contributed by atoms with van der Waals surface area (Å²) in [5.74, 6) is 0.913. The molecule has 0 aromatic carbocycles. The molecule has 3 nitrogen and oxygen atoms in total. The second kappa shape index (κ2) is 4.77. The van der Waals surface area contributed by atoms with Gasteiger partial charge in [-0.25, -0.2) is 0 Å². The molecule has 0 bridgehead atoms. The van der Waals surface area contributed by atoms with Crippen molar-refractivity contribution >= 4 is 0 Å². The molecule has 0 aromatic heterocycles. The van der Waals surface area contributed by atoms with Crippen LogP contribution in [-0.4, -0.2) is 48.3 Å². The van der Waals surface area contributed by atoms with Crippen LogP contribution in [0.25, 0.3) is 0 Å². The van der Waals surface area contributed by atoms with E-state index in [0.29, 0.717) is 23.8 Å². The molecule has 2 saturated heterocycles. The van der Waals surface area contributed by atoms with Gasteiger partial charge in [-0.05, 0) is 52.4 Å².